The second kappa shape index (κ2) is 5.59. The van der Waals surface area contributed by atoms with Crippen LogP contribution in [0.1, 0.15) is 30.8 Å². The van der Waals surface area contributed by atoms with Crippen LogP contribution in [-0.2, 0) is 34.0 Å². The zero-order chi connectivity index (χ0) is 16.7. The number of aromatic nitrogens is 4. The highest BCUT2D eigenvalue weighted by Crippen LogP contribution is 2.26. The Morgan fingerprint density at radius 3 is 2.87 bits per heavy atom. The largest absolute Gasteiger partial charge is 0.493 e. The van der Waals surface area contributed by atoms with Crippen molar-refractivity contribution >= 4 is 9.84 Å². The molecule has 0 unspecified atom stereocenters. The number of hydrogen-bond donors (Lipinski definition) is 0. The number of rotatable bonds is 5. The van der Waals surface area contributed by atoms with E-state index in [1.165, 1.54) is 22.2 Å². The number of tetrazole rings is 1. The first-order chi connectivity index (χ1) is 10.8. The Kier molecular flexibility index (Phi) is 3.87. The number of hydrogen-bond acceptors (Lipinski definition) is 6. The highest BCUT2D eigenvalue weighted by atomic mass is 32.2. The molecule has 0 radical (unpaired) electrons. The van der Waals surface area contributed by atoms with Crippen molar-refractivity contribution in [3.63, 3.8) is 0 Å². The van der Waals surface area contributed by atoms with Crippen LogP contribution in [0.2, 0.25) is 0 Å². The van der Waals surface area contributed by atoms with Crippen molar-refractivity contribution in [3.8, 4) is 5.75 Å². The van der Waals surface area contributed by atoms with Gasteiger partial charge in [0.15, 0.2) is 15.7 Å². The third-order valence-electron chi connectivity index (χ3n) is 4.27. The lowest BCUT2D eigenvalue weighted by Crippen LogP contribution is -2.29. The van der Waals surface area contributed by atoms with Gasteiger partial charge in [-0.2, -0.15) is 4.80 Å². The first kappa shape index (κ1) is 15.9. The van der Waals surface area contributed by atoms with Gasteiger partial charge in [0.25, 0.3) is 0 Å². The fourth-order valence-electron chi connectivity index (χ4n) is 2.37. The predicted molar refractivity (Wildman–Crippen MR) is 85.0 cm³/mol. The van der Waals surface area contributed by atoms with Gasteiger partial charge in [-0.05, 0) is 42.7 Å². The molecule has 7 nitrogen and oxygen atoms in total. The van der Waals surface area contributed by atoms with E-state index < -0.39 is 14.6 Å². The SMILES string of the molecule is CC(C)(c1nnn(CCc2ccc3c(c2)CCO3)n1)S(C)(=O)=O. The van der Waals surface area contributed by atoms with Crippen molar-refractivity contribution in [3.05, 3.63) is 35.2 Å². The lowest BCUT2D eigenvalue weighted by molar-refractivity contribution is 0.357. The molecule has 8 heteroatoms. The average molecular weight is 336 g/mol. The summed E-state index contributed by atoms with van der Waals surface area (Å²) < 4.78 is 28.0. The molecule has 0 saturated heterocycles. The lowest BCUT2D eigenvalue weighted by atomic mass is 10.1. The maximum Gasteiger partial charge on any atom is 0.195 e. The Morgan fingerprint density at radius 2 is 2.13 bits per heavy atom. The molecule has 3 rings (SSSR count). The van der Waals surface area contributed by atoms with E-state index in [0.717, 1.165) is 25.2 Å². The Labute approximate surface area is 135 Å². The van der Waals surface area contributed by atoms with Gasteiger partial charge in [0.1, 0.15) is 10.5 Å². The van der Waals surface area contributed by atoms with E-state index in [4.69, 9.17) is 4.74 Å². The van der Waals surface area contributed by atoms with E-state index in [2.05, 4.69) is 21.5 Å². The van der Waals surface area contributed by atoms with Crippen molar-refractivity contribution in [2.24, 2.45) is 0 Å². The molecule has 1 aliphatic rings. The summed E-state index contributed by atoms with van der Waals surface area (Å²) >= 11 is 0. The number of nitrogens with zero attached hydrogens (tertiary/aromatic N) is 4. The van der Waals surface area contributed by atoms with Gasteiger partial charge < -0.3 is 4.74 Å². The molecule has 0 bridgehead atoms. The topological polar surface area (TPSA) is 87.0 Å². The van der Waals surface area contributed by atoms with Gasteiger partial charge in [-0.15, -0.1) is 10.2 Å². The van der Waals surface area contributed by atoms with Crippen LogP contribution in [0, 0.1) is 0 Å². The van der Waals surface area contributed by atoms with Crippen LogP contribution in [0.4, 0.5) is 0 Å². The van der Waals surface area contributed by atoms with Crippen LogP contribution >= 0.6 is 0 Å². The third-order valence-corrected chi connectivity index (χ3v) is 6.31. The fourth-order valence-corrected chi connectivity index (χ4v) is 2.78. The Balaban J connectivity index is 1.70. The van der Waals surface area contributed by atoms with Gasteiger partial charge in [0.2, 0.25) is 0 Å². The smallest absolute Gasteiger partial charge is 0.195 e. The minimum Gasteiger partial charge on any atom is -0.493 e. The minimum absolute atomic E-state index is 0.224. The van der Waals surface area contributed by atoms with Gasteiger partial charge in [-0.25, -0.2) is 8.42 Å². The van der Waals surface area contributed by atoms with Crippen molar-refractivity contribution in [1.29, 1.82) is 0 Å². The van der Waals surface area contributed by atoms with E-state index >= 15 is 0 Å². The summed E-state index contributed by atoms with van der Waals surface area (Å²) in [6, 6.07) is 6.16. The number of aryl methyl sites for hydroxylation is 2. The molecule has 0 spiro atoms. The normalized spacial score (nSPS) is 14.6. The second-order valence-corrected chi connectivity index (χ2v) is 8.85. The van der Waals surface area contributed by atoms with E-state index in [-0.39, 0.29) is 5.82 Å². The molecule has 1 aromatic carbocycles. The molecule has 0 saturated carbocycles. The van der Waals surface area contributed by atoms with Gasteiger partial charge in [-0.1, -0.05) is 12.1 Å². The van der Waals surface area contributed by atoms with E-state index in [1.54, 1.807) is 13.8 Å². The molecule has 23 heavy (non-hydrogen) atoms. The van der Waals surface area contributed by atoms with E-state index in [0.29, 0.717) is 6.54 Å². The number of benzene rings is 1. The van der Waals surface area contributed by atoms with E-state index in [9.17, 15) is 8.42 Å². The second-order valence-electron chi connectivity index (χ2n) is 6.28. The summed E-state index contributed by atoms with van der Waals surface area (Å²) in [4.78, 5) is 1.45. The molecule has 0 aliphatic carbocycles. The van der Waals surface area contributed by atoms with Gasteiger partial charge in [0.05, 0.1) is 13.2 Å². The van der Waals surface area contributed by atoms with Crippen LogP contribution in [0.15, 0.2) is 18.2 Å². The zero-order valence-electron chi connectivity index (χ0n) is 13.5. The average Bonchev–Trinajstić information content (AvgIpc) is 3.12. The first-order valence-corrected chi connectivity index (χ1v) is 9.39. The third kappa shape index (κ3) is 3.08. The number of ether oxygens (including phenoxy) is 1. The molecule has 2 heterocycles. The maximum atomic E-state index is 11.8. The molecular formula is C15H20N4O3S. The Morgan fingerprint density at radius 1 is 1.35 bits per heavy atom. The van der Waals surface area contributed by atoms with Gasteiger partial charge in [0, 0.05) is 12.7 Å². The summed E-state index contributed by atoms with van der Waals surface area (Å²) in [6.07, 6.45) is 2.88. The quantitative estimate of drug-likeness (QED) is 0.813. The van der Waals surface area contributed by atoms with Crippen molar-refractivity contribution in [1.82, 2.24) is 20.2 Å². The molecule has 1 aromatic heterocycles. The van der Waals surface area contributed by atoms with E-state index in [1.807, 2.05) is 12.1 Å². The summed E-state index contributed by atoms with van der Waals surface area (Å²) in [5.41, 5.74) is 2.41. The Bertz CT molecular complexity index is 827. The summed E-state index contributed by atoms with van der Waals surface area (Å²) in [7, 11) is -3.31. The predicted octanol–water partition coefficient (Wildman–Crippen LogP) is 1.13. The summed E-state index contributed by atoms with van der Waals surface area (Å²) in [6.45, 7) is 4.47. The highest BCUT2D eigenvalue weighted by Gasteiger charge is 2.37. The molecule has 124 valence electrons. The van der Waals surface area contributed by atoms with Crippen LogP contribution in [-0.4, -0.2) is 41.5 Å². The molecule has 0 amide bonds. The van der Waals surface area contributed by atoms with Crippen LogP contribution in [0.5, 0.6) is 5.75 Å². The van der Waals surface area contributed by atoms with Crippen molar-refractivity contribution in [2.75, 3.05) is 12.9 Å². The van der Waals surface area contributed by atoms with Crippen LogP contribution in [0.3, 0.4) is 0 Å². The highest BCUT2D eigenvalue weighted by molar-refractivity contribution is 7.91. The standard InChI is InChI=1S/C15H20N4O3S/c1-15(2,23(3,20)21)14-16-18-19(17-14)8-6-11-4-5-13-12(10-11)7-9-22-13/h4-5,10H,6-9H2,1-3H3. The zero-order valence-corrected chi connectivity index (χ0v) is 14.3. The number of fused-ring (bicyclic) bond motifs is 1. The molecular weight excluding hydrogens is 316 g/mol. The summed E-state index contributed by atoms with van der Waals surface area (Å²) in [5, 5.41) is 12.1. The number of sulfone groups is 1. The maximum absolute atomic E-state index is 11.8. The molecule has 0 atom stereocenters. The fraction of sp³-hybridized carbons (Fsp3) is 0.533. The van der Waals surface area contributed by atoms with Crippen LogP contribution < -0.4 is 4.74 Å². The Hall–Kier alpha value is -1.96. The molecule has 0 N–H and O–H groups in total. The first-order valence-electron chi connectivity index (χ1n) is 7.50. The molecule has 2 aromatic rings. The summed E-state index contributed by atoms with van der Waals surface area (Å²) in [5.74, 6) is 1.19. The van der Waals surface area contributed by atoms with Crippen molar-refractivity contribution in [2.45, 2.75) is 38.0 Å². The van der Waals surface area contributed by atoms with Gasteiger partial charge in [-0.3, -0.25) is 0 Å². The lowest BCUT2D eigenvalue weighted by Gasteiger charge is -2.17. The molecule has 1 aliphatic heterocycles. The van der Waals surface area contributed by atoms with Crippen molar-refractivity contribution < 1.29 is 13.2 Å². The monoisotopic (exact) mass is 336 g/mol. The van der Waals surface area contributed by atoms with Gasteiger partial charge >= 0.3 is 0 Å². The molecule has 0 fully saturated rings. The minimum atomic E-state index is -3.31. The van der Waals surface area contributed by atoms with Crippen LogP contribution in [0.25, 0.3) is 0 Å².